The molecule has 2 atom stereocenters. The summed E-state index contributed by atoms with van der Waals surface area (Å²) < 4.78 is 38.6. The Labute approximate surface area is 134 Å². The summed E-state index contributed by atoms with van der Waals surface area (Å²) in [7, 11) is -4.20. The first-order valence-corrected chi connectivity index (χ1v) is 8.79. The number of aromatic nitrogens is 1. The first kappa shape index (κ1) is 15.7. The summed E-state index contributed by atoms with van der Waals surface area (Å²) in [5, 5.41) is -0.961. The van der Waals surface area contributed by atoms with E-state index in [1.54, 1.807) is 24.3 Å². The number of rotatable bonds is 5. The SMILES string of the molecule is CC(Cc1ccc2ocnc2c1)C(c1ccccc1)S(=O)(=O)O. The maximum Gasteiger partial charge on any atom is 0.272 e. The highest BCUT2D eigenvalue weighted by molar-refractivity contribution is 7.86. The van der Waals surface area contributed by atoms with Gasteiger partial charge < -0.3 is 4.42 Å². The Kier molecular flexibility index (Phi) is 4.19. The second-order valence-corrected chi connectivity index (χ2v) is 7.22. The van der Waals surface area contributed by atoms with Crippen molar-refractivity contribution in [2.45, 2.75) is 18.6 Å². The van der Waals surface area contributed by atoms with Crippen molar-refractivity contribution in [3.05, 3.63) is 66.1 Å². The van der Waals surface area contributed by atoms with Gasteiger partial charge in [-0.25, -0.2) is 4.98 Å². The number of hydrogen-bond acceptors (Lipinski definition) is 4. The molecule has 2 unspecified atom stereocenters. The average molecular weight is 331 g/mol. The maximum absolute atomic E-state index is 11.9. The molecule has 3 aromatic rings. The number of nitrogens with zero attached hydrogens (tertiary/aromatic N) is 1. The molecule has 0 fully saturated rings. The molecule has 0 saturated carbocycles. The van der Waals surface area contributed by atoms with Crippen LogP contribution in [0, 0.1) is 5.92 Å². The van der Waals surface area contributed by atoms with Crippen LogP contribution < -0.4 is 0 Å². The van der Waals surface area contributed by atoms with Crippen LogP contribution in [0.2, 0.25) is 0 Å². The summed E-state index contributed by atoms with van der Waals surface area (Å²) >= 11 is 0. The van der Waals surface area contributed by atoms with Crippen molar-refractivity contribution in [1.82, 2.24) is 4.98 Å². The molecule has 0 saturated heterocycles. The van der Waals surface area contributed by atoms with Crippen LogP contribution in [0.3, 0.4) is 0 Å². The van der Waals surface area contributed by atoms with Gasteiger partial charge in [-0.2, -0.15) is 8.42 Å². The van der Waals surface area contributed by atoms with Gasteiger partial charge in [0.25, 0.3) is 10.1 Å². The number of fused-ring (bicyclic) bond motifs is 1. The third kappa shape index (κ3) is 3.43. The van der Waals surface area contributed by atoms with Gasteiger partial charge in [0.05, 0.1) is 0 Å². The van der Waals surface area contributed by atoms with E-state index in [2.05, 4.69) is 4.98 Å². The Bertz CT molecular complexity index is 903. The second kappa shape index (κ2) is 6.14. The Morgan fingerprint density at radius 2 is 1.91 bits per heavy atom. The summed E-state index contributed by atoms with van der Waals surface area (Å²) in [6.07, 6.45) is 1.88. The zero-order valence-corrected chi connectivity index (χ0v) is 13.4. The molecule has 0 spiro atoms. The fourth-order valence-corrected chi connectivity index (χ4v) is 4.13. The van der Waals surface area contributed by atoms with E-state index in [0.29, 0.717) is 17.6 Å². The lowest BCUT2D eigenvalue weighted by Gasteiger charge is -2.21. The molecule has 0 radical (unpaired) electrons. The van der Waals surface area contributed by atoms with Gasteiger partial charge in [0, 0.05) is 0 Å². The minimum atomic E-state index is -4.20. The number of oxazole rings is 1. The number of benzene rings is 2. The molecule has 6 heteroatoms. The molecule has 1 N–H and O–H groups in total. The smallest absolute Gasteiger partial charge is 0.272 e. The van der Waals surface area contributed by atoms with Crippen LogP contribution >= 0.6 is 0 Å². The third-order valence-electron chi connectivity index (χ3n) is 3.92. The van der Waals surface area contributed by atoms with Gasteiger partial charge in [0.2, 0.25) is 0 Å². The molecule has 23 heavy (non-hydrogen) atoms. The molecular formula is C17H17NO4S. The zero-order chi connectivity index (χ0) is 16.4. The van der Waals surface area contributed by atoms with Crippen molar-refractivity contribution in [2.24, 2.45) is 5.92 Å². The molecule has 0 aliphatic rings. The Balaban J connectivity index is 1.90. The normalized spacial score (nSPS) is 14.7. The third-order valence-corrected chi connectivity index (χ3v) is 5.30. The highest BCUT2D eigenvalue weighted by atomic mass is 32.2. The van der Waals surface area contributed by atoms with E-state index in [0.717, 1.165) is 11.1 Å². The van der Waals surface area contributed by atoms with Crippen LogP contribution in [0.5, 0.6) is 0 Å². The molecule has 0 aliphatic heterocycles. The van der Waals surface area contributed by atoms with Crippen LogP contribution in [0.25, 0.3) is 11.1 Å². The first-order chi connectivity index (χ1) is 10.9. The topological polar surface area (TPSA) is 80.4 Å². The van der Waals surface area contributed by atoms with Crippen LogP contribution in [0.4, 0.5) is 0 Å². The van der Waals surface area contributed by atoms with Crippen LogP contribution in [0.1, 0.15) is 23.3 Å². The predicted molar refractivity (Wildman–Crippen MR) is 87.6 cm³/mol. The van der Waals surface area contributed by atoms with Crippen molar-refractivity contribution in [3.63, 3.8) is 0 Å². The summed E-state index contributed by atoms with van der Waals surface area (Å²) in [5.41, 5.74) is 2.96. The molecule has 1 heterocycles. The van der Waals surface area contributed by atoms with Gasteiger partial charge in [0.15, 0.2) is 12.0 Å². The molecule has 120 valence electrons. The molecule has 5 nitrogen and oxygen atoms in total. The van der Waals surface area contributed by atoms with Crippen molar-refractivity contribution in [3.8, 4) is 0 Å². The molecule has 2 aromatic carbocycles. The quantitative estimate of drug-likeness (QED) is 0.722. The highest BCUT2D eigenvalue weighted by Gasteiger charge is 2.31. The second-order valence-electron chi connectivity index (χ2n) is 5.68. The van der Waals surface area contributed by atoms with E-state index in [4.69, 9.17) is 4.42 Å². The van der Waals surface area contributed by atoms with E-state index >= 15 is 0 Å². The molecule has 0 aliphatic carbocycles. The van der Waals surface area contributed by atoms with Gasteiger partial charge in [-0.1, -0.05) is 43.3 Å². The minimum absolute atomic E-state index is 0.295. The Morgan fingerprint density at radius 1 is 1.17 bits per heavy atom. The van der Waals surface area contributed by atoms with E-state index in [1.807, 2.05) is 31.2 Å². The van der Waals surface area contributed by atoms with Crippen molar-refractivity contribution >= 4 is 21.2 Å². The summed E-state index contributed by atoms with van der Waals surface area (Å²) in [6.45, 7) is 1.82. The fraction of sp³-hybridized carbons (Fsp3) is 0.235. The monoisotopic (exact) mass is 331 g/mol. The van der Waals surface area contributed by atoms with Crippen LogP contribution in [-0.4, -0.2) is 18.0 Å². The van der Waals surface area contributed by atoms with Crippen LogP contribution in [-0.2, 0) is 16.5 Å². The zero-order valence-electron chi connectivity index (χ0n) is 12.6. The molecular weight excluding hydrogens is 314 g/mol. The largest absolute Gasteiger partial charge is 0.443 e. The van der Waals surface area contributed by atoms with E-state index < -0.39 is 15.4 Å². The molecule has 0 bridgehead atoms. The van der Waals surface area contributed by atoms with Crippen molar-refractivity contribution in [1.29, 1.82) is 0 Å². The minimum Gasteiger partial charge on any atom is -0.443 e. The van der Waals surface area contributed by atoms with Gasteiger partial charge in [-0.15, -0.1) is 0 Å². The van der Waals surface area contributed by atoms with Gasteiger partial charge in [-0.3, -0.25) is 4.55 Å². The van der Waals surface area contributed by atoms with Gasteiger partial charge in [-0.05, 0) is 35.6 Å². The average Bonchev–Trinajstić information content (AvgIpc) is 2.94. The van der Waals surface area contributed by atoms with Crippen molar-refractivity contribution in [2.75, 3.05) is 0 Å². The Morgan fingerprint density at radius 3 is 2.61 bits per heavy atom. The Hall–Kier alpha value is -2.18. The lowest BCUT2D eigenvalue weighted by Crippen LogP contribution is -2.21. The molecule has 0 amide bonds. The maximum atomic E-state index is 11.9. The predicted octanol–water partition coefficient (Wildman–Crippen LogP) is 3.64. The highest BCUT2D eigenvalue weighted by Crippen LogP contribution is 2.32. The number of hydrogen-bond donors (Lipinski definition) is 1. The fourth-order valence-electron chi connectivity index (χ4n) is 2.95. The summed E-state index contributed by atoms with van der Waals surface area (Å²) in [5.74, 6) is -0.295. The standard InChI is InChI=1S/C17H17NO4S/c1-12(9-13-7-8-16-15(10-13)18-11-22-16)17(23(19,20)21)14-5-3-2-4-6-14/h2-8,10-12,17H,9H2,1H3,(H,19,20,21). The summed E-state index contributed by atoms with van der Waals surface area (Å²) in [6, 6.07) is 14.4. The van der Waals surface area contributed by atoms with Gasteiger partial charge in [0.1, 0.15) is 10.8 Å². The van der Waals surface area contributed by atoms with Crippen LogP contribution in [0.15, 0.2) is 59.3 Å². The van der Waals surface area contributed by atoms with Gasteiger partial charge >= 0.3 is 0 Å². The molecule has 3 rings (SSSR count). The van der Waals surface area contributed by atoms with Crippen molar-refractivity contribution < 1.29 is 17.4 Å². The lowest BCUT2D eigenvalue weighted by molar-refractivity contribution is 0.434. The molecule has 1 aromatic heterocycles. The summed E-state index contributed by atoms with van der Waals surface area (Å²) in [4.78, 5) is 4.10. The lowest BCUT2D eigenvalue weighted by atomic mass is 9.93. The van der Waals surface area contributed by atoms with E-state index in [-0.39, 0.29) is 5.92 Å². The van der Waals surface area contributed by atoms with E-state index in [1.165, 1.54) is 6.39 Å². The van der Waals surface area contributed by atoms with E-state index in [9.17, 15) is 13.0 Å². The first-order valence-electron chi connectivity index (χ1n) is 7.28.